The first-order chi connectivity index (χ1) is 12.4. The summed E-state index contributed by atoms with van der Waals surface area (Å²) >= 11 is 0. The topological polar surface area (TPSA) is 80.9 Å². The van der Waals surface area contributed by atoms with Gasteiger partial charge in [0.1, 0.15) is 0 Å². The molecule has 3 rings (SSSR count). The molecule has 0 aliphatic rings. The monoisotopic (exact) mass is 350 g/mol. The number of hydrogen-bond acceptors (Lipinski definition) is 5. The van der Waals surface area contributed by atoms with E-state index in [1.54, 1.807) is 24.5 Å². The zero-order valence-electron chi connectivity index (χ0n) is 15.2. The van der Waals surface area contributed by atoms with Crippen LogP contribution in [0, 0.1) is 0 Å². The number of pyridine rings is 1. The average Bonchev–Trinajstić information content (AvgIpc) is 3.09. The van der Waals surface area contributed by atoms with Crippen LogP contribution in [0.25, 0.3) is 11.5 Å². The van der Waals surface area contributed by atoms with Crippen LogP contribution in [0.2, 0.25) is 0 Å². The fraction of sp³-hybridized carbons (Fsp3) is 0.300. The van der Waals surface area contributed by atoms with Crippen molar-refractivity contribution in [3.63, 3.8) is 0 Å². The van der Waals surface area contributed by atoms with Crippen molar-refractivity contribution in [1.29, 1.82) is 0 Å². The molecule has 1 N–H and O–H groups in total. The minimum Gasteiger partial charge on any atom is -0.421 e. The Kier molecular flexibility index (Phi) is 5.11. The molecule has 0 radical (unpaired) electrons. The largest absolute Gasteiger partial charge is 0.421 e. The number of hydrogen-bond donors (Lipinski definition) is 1. The van der Waals surface area contributed by atoms with Gasteiger partial charge in [-0.1, -0.05) is 32.9 Å². The van der Waals surface area contributed by atoms with Gasteiger partial charge >= 0.3 is 0 Å². The highest BCUT2D eigenvalue weighted by Crippen LogP contribution is 2.23. The third-order valence-electron chi connectivity index (χ3n) is 3.99. The van der Waals surface area contributed by atoms with Gasteiger partial charge in [0.05, 0.1) is 0 Å². The number of rotatable bonds is 5. The Morgan fingerprint density at radius 2 is 1.73 bits per heavy atom. The van der Waals surface area contributed by atoms with Crippen molar-refractivity contribution in [3.8, 4) is 11.5 Å². The van der Waals surface area contributed by atoms with Crippen LogP contribution in [-0.2, 0) is 16.6 Å². The lowest BCUT2D eigenvalue weighted by molar-refractivity contribution is -0.116. The molecule has 26 heavy (non-hydrogen) atoms. The molecule has 0 aliphatic carbocycles. The number of carbonyl (C=O) groups excluding carboxylic acids is 1. The molecule has 1 amide bonds. The van der Waals surface area contributed by atoms with Crippen molar-refractivity contribution in [2.75, 3.05) is 5.32 Å². The highest BCUT2D eigenvalue weighted by molar-refractivity contribution is 5.90. The summed E-state index contributed by atoms with van der Waals surface area (Å²) in [5, 5.41) is 10.9. The van der Waals surface area contributed by atoms with Crippen LogP contribution in [0.15, 0.2) is 53.2 Å². The van der Waals surface area contributed by atoms with Crippen molar-refractivity contribution in [3.05, 3.63) is 60.2 Å². The predicted molar refractivity (Wildman–Crippen MR) is 99.6 cm³/mol. The van der Waals surface area contributed by atoms with Crippen LogP contribution in [0.4, 0.5) is 5.69 Å². The molecule has 0 spiro atoms. The van der Waals surface area contributed by atoms with Gasteiger partial charge in [0.2, 0.25) is 17.7 Å². The van der Waals surface area contributed by atoms with E-state index in [4.69, 9.17) is 4.42 Å². The summed E-state index contributed by atoms with van der Waals surface area (Å²) < 4.78 is 5.59. The standard InChI is InChI=1S/C20H22N4O2/c1-20(2,3)15-4-6-16(7-5-15)22-17(25)8-9-18-23-24-19(26-18)14-10-12-21-13-11-14/h4-7,10-13H,8-9H2,1-3H3,(H,22,25). The van der Waals surface area contributed by atoms with Gasteiger partial charge in [0.25, 0.3) is 0 Å². The molecule has 0 saturated heterocycles. The first kappa shape index (κ1) is 17.8. The minimum absolute atomic E-state index is 0.0860. The third kappa shape index (κ3) is 4.53. The Hall–Kier alpha value is -3.02. The molecular formula is C20H22N4O2. The van der Waals surface area contributed by atoms with Crippen LogP contribution in [0.1, 0.15) is 38.6 Å². The summed E-state index contributed by atoms with van der Waals surface area (Å²) in [7, 11) is 0. The second kappa shape index (κ2) is 7.47. The molecule has 6 nitrogen and oxygen atoms in total. The van der Waals surface area contributed by atoms with E-state index in [-0.39, 0.29) is 17.7 Å². The van der Waals surface area contributed by atoms with E-state index in [0.29, 0.717) is 18.2 Å². The summed E-state index contributed by atoms with van der Waals surface area (Å²) in [5.41, 5.74) is 2.91. The number of anilines is 1. The molecule has 0 unspecified atom stereocenters. The van der Waals surface area contributed by atoms with Gasteiger partial charge in [-0.2, -0.15) is 0 Å². The summed E-state index contributed by atoms with van der Waals surface area (Å²) in [6, 6.07) is 11.5. The van der Waals surface area contributed by atoms with Crippen LogP contribution < -0.4 is 5.32 Å². The SMILES string of the molecule is CC(C)(C)c1ccc(NC(=O)CCc2nnc(-c3ccncc3)o2)cc1. The van der Waals surface area contributed by atoms with E-state index in [1.165, 1.54) is 5.56 Å². The van der Waals surface area contributed by atoms with Crippen molar-refractivity contribution in [2.24, 2.45) is 0 Å². The van der Waals surface area contributed by atoms with E-state index in [2.05, 4.69) is 41.3 Å². The number of nitrogens with zero attached hydrogens (tertiary/aromatic N) is 3. The zero-order valence-corrected chi connectivity index (χ0v) is 15.2. The highest BCUT2D eigenvalue weighted by atomic mass is 16.4. The van der Waals surface area contributed by atoms with Crippen LogP contribution in [0.3, 0.4) is 0 Å². The van der Waals surface area contributed by atoms with Crippen LogP contribution in [-0.4, -0.2) is 21.1 Å². The molecule has 2 heterocycles. The van der Waals surface area contributed by atoms with E-state index < -0.39 is 0 Å². The van der Waals surface area contributed by atoms with Gasteiger partial charge in [-0.25, -0.2) is 0 Å². The number of amides is 1. The molecular weight excluding hydrogens is 328 g/mol. The molecule has 3 aromatic rings. The molecule has 0 aliphatic heterocycles. The molecule has 134 valence electrons. The summed E-state index contributed by atoms with van der Waals surface area (Å²) in [4.78, 5) is 16.1. The van der Waals surface area contributed by atoms with E-state index in [0.717, 1.165) is 11.3 Å². The maximum absolute atomic E-state index is 12.1. The smallest absolute Gasteiger partial charge is 0.247 e. The maximum Gasteiger partial charge on any atom is 0.247 e. The molecule has 0 saturated carbocycles. The Labute approximate surface area is 152 Å². The van der Waals surface area contributed by atoms with Crippen molar-refractivity contribution in [1.82, 2.24) is 15.2 Å². The fourth-order valence-electron chi connectivity index (χ4n) is 2.46. The van der Waals surface area contributed by atoms with Gasteiger partial charge in [-0.3, -0.25) is 9.78 Å². The summed E-state index contributed by atoms with van der Waals surface area (Å²) in [6.45, 7) is 6.47. The number of benzene rings is 1. The van der Waals surface area contributed by atoms with Gasteiger partial charge in [0.15, 0.2) is 0 Å². The van der Waals surface area contributed by atoms with Gasteiger partial charge in [-0.15, -0.1) is 10.2 Å². The first-order valence-corrected chi connectivity index (χ1v) is 8.55. The van der Waals surface area contributed by atoms with E-state index in [9.17, 15) is 4.79 Å². The molecule has 6 heteroatoms. The van der Waals surface area contributed by atoms with Crippen molar-refractivity contribution >= 4 is 11.6 Å². The summed E-state index contributed by atoms with van der Waals surface area (Å²) in [6.07, 6.45) is 4.00. The predicted octanol–water partition coefficient (Wildman–Crippen LogP) is 4.00. The lowest BCUT2D eigenvalue weighted by Gasteiger charge is -2.19. The van der Waals surface area contributed by atoms with Crippen molar-refractivity contribution < 1.29 is 9.21 Å². The van der Waals surface area contributed by atoms with Crippen molar-refractivity contribution in [2.45, 2.75) is 39.0 Å². The molecule has 0 fully saturated rings. The minimum atomic E-state index is -0.0860. The lowest BCUT2D eigenvalue weighted by atomic mass is 9.87. The normalized spacial score (nSPS) is 11.3. The summed E-state index contributed by atoms with van der Waals surface area (Å²) in [5.74, 6) is 0.785. The zero-order chi connectivity index (χ0) is 18.6. The number of aromatic nitrogens is 3. The average molecular weight is 350 g/mol. The Morgan fingerprint density at radius 1 is 1.04 bits per heavy atom. The van der Waals surface area contributed by atoms with Crippen LogP contribution in [0.5, 0.6) is 0 Å². The Balaban J connectivity index is 1.54. The molecule has 0 atom stereocenters. The van der Waals surface area contributed by atoms with Gasteiger partial charge in [0, 0.05) is 36.5 Å². The lowest BCUT2D eigenvalue weighted by Crippen LogP contribution is -2.14. The quantitative estimate of drug-likeness (QED) is 0.752. The third-order valence-corrected chi connectivity index (χ3v) is 3.99. The second-order valence-corrected chi connectivity index (χ2v) is 7.11. The van der Waals surface area contributed by atoms with E-state index in [1.807, 2.05) is 24.3 Å². The van der Waals surface area contributed by atoms with E-state index >= 15 is 0 Å². The molecule has 0 bridgehead atoms. The first-order valence-electron chi connectivity index (χ1n) is 8.55. The Morgan fingerprint density at radius 3 is 2.38 bits per heavy atom. The van der Waals surface area contributed by atoms with Crippen LogP contribution >= 0.6 is 0 Å². The fourth-order valence-corrected chi connectivity index (χ4v) is 2.46. The Bertz CT molecular complexity index is 865. The number of nitrogens with one attached hydrogen (secondary N) is 1. The van der Waals surface area contributed by atoms with Gasteiger partial charge in [-0.05, 0) is 35.2 Å². The molecule has 2 aromatic heterocycles. The second-order valence-electron chi connectivity index (χ2n) is 7.11. The molecule has 1 aromatic carbocycles. The van der Waals surface area contributed by atoms with Gasteiger partial charge < -0.3 is 9.73 Å². The highest BCUT2D eigenvalue weighted by Gasteiger charge is 2.14. The maximum atomic E-state index is 12.1. The number of carbonyl (C=O) groups is 1. The number of aryl methyl sites for hydroxylation is 1.